The van der Waals surface area contributed by atoms with Gasteiger partial charge in [-0.15, -0.1) is 0 Å². The van der Waals surface area contributed by atoms with Crippen LogP contribution in [0.5, 0.6) is 0 Å². The molecule has 0 heterocycles. The second kappa shape index (κ2) is 6.83. The minimum absolute atomic E-state index is 0.0532. The highest BCUT2D eigenvalue weighted by molar-refractivity contribution is 7.89. The van der Waals surface area contributed by atoms with Crippen molar-refractivity contribution in [3.63, 3.8) is 0 Å². The van der Waals surface area contributed by atoms with Crippen molar-refractivity contribution in [2.45, 2.75) is 17.9 Å². The molecule has 0 aliphatic heterocycles. The van der Waals surface area contributed by atoms with E-state index in [1.807, 2.05) is 6.92 Å². The van der Waals surface area contributed by atoms with E-state index < -0.39 is 28.5 Å². The van der Waals surface area contributed by atoms with E-state index in [0.29, 0.717) is 5.56 Å². The summed E-state index contributed by atoms with van der Waals surface area (Å²) in [5.41, 5.74) is 1.27. The number of nitrogens with one attached hydrogen (secondary N) is 1. The maximum Gasteiger partial charge on any atom is 0.241 e. The number of aliphatic hydroxyl groups is 1. The van der Waals surface area contributed by atoms with E-state index in [4.69, 9.17) is 0 Å². The molecule has 2 N–H and O–H groups in total. The van der Waals surface area contributed by atoms with Crippen LogP contribution < -0.4 is 4.72 Å². The van der Waals surface area contributed by atoms with E-state index in [-0.39, 0.29) is 4.90 Å². The summed E-state index contributed by atoms with van der Waals surface area (Å²) >= 11 is 0. The van der Waals surface area contributed by atoms with Gasteiger partial charge in [0.1, 0.15) is 6.04 Å². The smallest absolute Gasteiger partial charge is 0.241 e. The third-order valence-corrected chi connectivity index (χ3v) is 4.67. The molecular weight excluding hydrogens is 302 g/mol. The Kier molecular flexibility index (Phi) is 5.07. The molecular formula is C16H17NO4S. The molecule has 0 radical (unpaired) electrons. The maximum absolute atomic E-state index is 12.3. The van der Waals surface area contributed by atoms with Crippen molar-refractivity contribution in [3.8, 4) is 0 Å². The Bertz CT molecular complexity index is 739. The van der Waals surface area contributed by atoms with Crippen molar-refractivity contribution < 1.29 is 18.3 Å². The molecule has 0 bridgehead atoms. The SMILES string of the molecule is Cc1ccc(S(=O)(=O)N[C@@H](CO)C(=O)c2ccccc2)cc1. The highest BCUT2D eigenvalue weighted by atomic mass is 32.2. The quantitative estimate of drug-likeness (QED) is 0.791. The summed E-state index contributed by atoms with van der Waals surface area (Å²) in [5, 5.41) is 9.36. The number of aryl methyl sites for hydroxylation is 1. The number of carbonyl (C=O) groups is 1. The molecule has 22 heavy (non-hydrogen) atoms. The summed E-state index contributed by atoms with van der Waals surface area (Å²) in [5.74, 6) is -0.473. The molecule has 6 heteroatoms. The monoisotopic (exact) mass is 319 g/mol. The van der Waals surface area contributed by atoms with Crippen molar-refractivity contribution in [3.05, 3.63) is 65.7 Å². The zero-order chi connectivity index (χ0) is 16.2. The summed E-state index contributed by atoms with van der Waals surface area (Å²) in [6.45, 7) is 1.23. The Hall–Kier alpha value is -2.02. The molecule has 116 valence electrons. The number of Topliss-reactive ketones (excluding diaryl/α,β-unsaturated/α-hetero) is 1. The van der Waals surface area contributed by atoms with Crippen molar-refractivity contribution in [1.82, 2.24) is 4.72 Å². The fraction of sp³-hybridized carbons (Fsp3) is 0.188. The first-order valence-electron chi connectivity index (χ1n) is 6.73. The number of ketones is 1. The van der Waals surface area contributed by atoms with Gasteiger partial charge in [-0.1, -0.05) is 48.0 Å². The lowest BCUT2D eigenvalue weighted by Crippen LogP contribution is -2.43. The lowest BCUT2D eigenvalue weighted by Gasteiger charge is -2.15. The maximum atomic E-state index is 12.3. The molecule has 2 aromatic rings. The number of benzene rings is 2. The number of rotatable bonds is 6. The highest BCUT2D eigenvalue weighted by Gasteiger charge is 2.25. The first-order chi connectivity index (χ1) is 10.4. The van der Waals surface area contributed by atoms with E-state index in [2.05, 4.69) is 4.72 Å². The standard InChI is InChI=1S/C16H17NO4S/c1-12-7-9-14(10-8-12)22(20,21)17-15(11-18)16(19)13-5-3-2-4-6-13/h2-10,15,17-18H,11H2,1H3/t15-/m0/s1. The van der Waals surface area contributed by atoms with Crippen LogP contribution in [-0.4, -0.2) is 32.0 Å². The van der Waals surface area contributed by atoms with E-state index in [1.165, 1.54) is 12.1 Å². The van der Waals surface area contributed by atoms with Gasteiger partial charge in [0.2, 0.25) is 10.0 Å². The lowest BCUT2D eigenvalue weighted by molar-refractivity contribution is 0.0914. The predicted octanol–water partition coefficient (Wildman–Crippen LogP) is 1.52. The fourth-order valence-corrected chi connectivity index (χ4v) is 3.14. The summed E-state index contributed by atoms with van der Waals surface area (Å²) in [6, 6.07) is 13.3. The predicted molar refractivity (Wildman–Crippen MR) is 83.1 cm³/mol. The second-order valence-corrected chi connectivity index (χ2v) is 6.61. The number of aliphatic hydroxyl groups excluding tert-OH is 1. The molecule has 0 saturated heterocycles. The molecule has 0 fully saturated rings. The number of hydrogen-bond acceptors (Lipinski definition) is 4. The molecule has 0 unspecified atom stereocenters. The van der Waals surface area contributed by atoms with E-state index in [1.54, 1.807) is 42.5 Å². The first kappa shape index (κ1) is 16.4. The van der Waals surface area contributed by atoms with Gasteiger partial charge in [0.25, 0.3) is 0 Å². The van der Waals surface area contributed by atoms with Crippen molar-refractivity contribution >= 4 is 15.8 Å². The van der Waals surface area contributed by atoms with Gasteiger partial charge in [-0.2, -0.15) is 4.72 Å². The van der Waals surface area contributed by atoms with Crippen LogP contribution in [0.2, 0.25) is 0 Å². The summed E-state index contributed by atoms with van der Waals surface area (Å²) in [4.78, 5) is 12.3. The van der Waals surface area contributed by atoms with E-state index >= 15 is 0 Å². The molecule has 0 aromatic heterocycles. The summed E-state index contributed by atoms with van der Waals surface area (Å²) in [6.07, 6.45) is 0. The van der Waals surface area contributed by atoms with Crippen LogP contribution >= 0.6 is 0 Å². The van der Waals surface area contributed by atoms with Gasteiger partial charge in [0.15, 0.2) is 5.78 Å². The molecule has 0 aliphatic carbocycles. The van der Waals surface area contributed by atoms with Crippen LogP contribution in [0, 0.1) is 6.92 Å². The zero-order valence-corrected chi connectivity index (χ0v) is 12.9. The van der Waals surface area contributed by atoms with Crippen LogP contribution in [0.1, 0.15) is 15.9 Å². The van der Waals surface area contributed by atoms with Gasteiger partial charge in [0.05, 0.1) is 11.5 Å². The van der Waals surface area contributed by atoms with Gasteiger partial charge in [0, 0.05) is 5.56 Å². The van der Waals surface area contributed by atoms with Crippen LogP contribution in [0.15, 0.2) is 59.5 Å². The molecule has 0 spiro atoms. The van der Waals surface area contributed by atoms with Crippen molar-refractivity contribution in [2.24, 2.45) is 0 Å². The van der Waals surface area contributed by atoms with Crippen LogP contribution in [0.4, 0.5) is 0 Å². The van der Waals surface area contributed by atoms with Crippen LogP contribution in [0.25, 0.3) is 0 Å². The molecule has 2 rings (SSSR count). The van der Waals surface area contributed by atoms with Gasteiger partial charge < -0.3 is 5.11 Å². The van der Waals surface area contributed by atoms with Gasteiger partial charge in [-0.05, 0) is 19.1 Å². The lowest BCUT2D eigenvalue weighted by atomic mass is 10.1. The first-order valence-corrected chi connectivity index (χ1v) is 8.21. The molecule has 1 atom stereocenters. The van der Waals surface area contributed by atoms with Crippen LogP contribution in [0.3, 0.4) is 0 Å². The molecule has 2 aromatic carbocycles. The average Bonchev–Trinajstić information content (AvgIpc) is 2.53. The Morgan fingerprint density at radius 2 is 1.68 bits per heavy atom. The summed E-state index contributed by atoms with van der Waals surface area (Å²) < 4.78 is 26.8. The third-order valence-electron chi connectivity index (χ3n) is 3.19. The second-order valence-electron chi connectivity index (χ2n) is 4.90. The van der Waals surface area contributed by atoms with Gasteiger partial charge in [-0.3, -0.25) is 4.79 Å². The number of carbonyl (C=O) groups excluding carboxylic acids is 1. The molecule has 0 amide bonds. The van der Waals surface area contributed by atoms with Crippen LogP contribution in [-0.2, 0) is 10.0 Å². The fourth-order valence-electron chi connectivity index (χ4n) is 1.95. The number of hydrogen-bond donors (Lipinski definition) is 2. The Labute approximate surface area is 129 Å². The molecule has 0 aliphatic rings. The number of sulfonamides is 1. The van der Waals surface area contributed by atoms with Gasteiger partial charge in [-0.25, -0.2) is 8.42 Å². The van der Waals surface area contributed by atoms with E-state index in [0.717, 1.165) is 5.56 Å². The summed E-state index contributed by atoms with van der Waals surface area (Å²) in [7, 11) is -3.87. The third kappa shape index (κ3) is 3.79. The molecule has 0 saturated carbocycles. The Morgan fingerprint density at radius 3 is 2.23 bits per heavy atom. The topological polar surface area (TPSA) is 83.5 Å². The van der Waals surface area contributed by atoms with Crippen molar-refractivity contribution in [2.75, 3.05) is 6.61 Å². The minimum Gasteiger partial charge on any atom is -0.394 e. The molecule has 5 nitrogen and oxygen atoms in total. The largest absolute Gasteiger partial charge is 0.394 e. The minimum atomic E-state index is -3.87. The van der Waals surface area contributed by atoms with Crippen molar-refractivity contribution in [1.29, 1.82) is 0 Å². The van der Waals surface area contributed by atoms with E-state index in [9.17, 15) is 18.3 Å². The average molecular weight is 319 g/mol. The van der Waals surface area contributed by atoms with Gasteiger partial charge >= 0.3 is 0 Å². The normalized spacial score (nSPS) is 12.8. The Morgan fingerprint density at radius 1 is 1.09 bits per heavy atom. The highest BCUT2D eigenvalue weighted by Crippen LogP contribution is 2.12. The zero-order valence-electron chi connectivity index (χ0n) is 12.1. The Balaban J connectivity index is 2.22.